The maximum Gasteiger partial charge on any atom is 0.142 e. The van der Waals surface area contributed by atoms with Crippen LogP contribution in [-0.4, -0.2) is 28.3 Å². The van der Waals surface area contributed by atoms with Crippen molar-refractivity contribution in [3.8, 4) is 22.6 Å². The molecule has 0 aliphatic heterocycles. The van der Waals surface area contributed by atoms with E-state index in [1.54, 1.807) is 14.2 Å². The van der Waals surface area contributed by atoms with E-state index in [1.807, 2.05) is 30.3 Å². The fourth-order valence-electron chi connectivity index (χ4n) is 3.05. The predicted molar refractivity (Wildman–Crippen MR) is 111 cm³/mol. The first-order valence-corrected chi connectivity index (χ1v) is 9.06. The van der Waals surface area contributed by atoms with Gasteiger partial charge >= 0.3 is 0 Å². The lowest BCUT2D eigenvalue weighted by atomic mass is 10.0. The van der Waals surface area contributed by atoms with Crippen LogP contribution in [-0.2, 0) is 6.54 Å². The molecule has 0 aromatic heterocycles. The normalized spacial score (nSPS) is 10.7. The first kappa shape index (κ1) is 18.8. The van der Waals surface area contributed by atoms with Crippen LogP contribution in [0.5, 0.6) is 11.5 Å². The fourth-order valence-corrected chi connectivity index (χ4v) is 3.05. The molecule has 4 nitrogen and oxygen atoms in total. The van der Waals surface area contributed by atoms with E-state index in [1.165, 1.54) is 10.5 Å². The zero-order valence-corrected chi connectivity index (χ0v) is 16.4. The van der Waals surface area contributed by atoms with Crippen molar-refractivity contribution in [3.05, 3.63) is 72.3 Å². The van der Waals surface area contributed by atoms with Gasteiger partial charge in [-0.05, 0) is 47.5 Å². The first-order chi connectivity index (χ1) is 13.1. The quantitative estimate of drug-likeness (QED) is 0.671. The highest BCUT2D eigenvalue weighted by atomic mass is 16.5. The van der Waals surface area contributed by atoms with Crippen LogP contribution in [0.15, 0.2) is 66.7 Å². The molecular formula is C23H27N2O2+. The molecule has 0 fully saturated rings. The SMILES string of the molecule is COc1cccc(-c2ccc(Nc3ccc(C[NH+](C)C)cc3)c(OC)c2)c1. The third-order valence-electron chi connectivity index (χ3n) is 4.40. The Morgan fingerprint density at radius 2 is 1.56 bits per heavy atom. The molecule has 0 atom stereocenters. The fraction of sp³-hybridized carbons (Fsp3) is 0.217. The van der Waals surface area contributed by atoms with E-state index in [4.69, 9.17) is 9.47 Å². The topological polar surface area (TPSA) is 34.9 Å². The van der Waals surface area contributed by atoms with Crippen molar-refractivity contribution in [1.29, 1.82) is 0 Å². The summed E-state index contributed by atoms with van der Waals surface area (Å²) in [5, 5.41) is 3.45. The molecule has 0 saturated heterocycles. The van der Waals surface area contributed by atoms with Gasteiger partial charge in [0.05, 0.1) is 34.0 Å². The highest BCUT2D eigenvalue weighted by Gasteiger charge is 2.08. The van der Waals surface area contributed by atoms with E-state index in [0.29, 0.717) is 0 Å². The summed E-state index contributed by atoms with van der Waals surface area (Å²) in [5.74, 6) is 1.64. The van der Waals surface area contributed by atoms with Crippen LogP contribution in [0.2, 0.25) is 0 Å². The van der Waals surface area contributed by atoms with E-state index in [-0.39, 0.29) is 0 Å². The molecule has 3 rings (SSSR count). The summed E-state index contributed by atoms with van der Waals surface area (Å²) < 4.78 is 10.9. The number of methoxy groups -OCH3 is 2. The van der Waals surface area contributed by atoms with E-state index in [9.17, 15) is 0 Å². The second-order valence-corrected chi connectivity index (χ2v) is 6.85. The Labute approximate surface area is 161 Å². The van der Waals surface area contributed by atoms with Crippen molar-refractivity contribution in [1.82, 2.24) is 0 Å². The predicted octanol–water partition coefficient (Wildman–Crippen LogP) is 3.76. The lowest BCUT2D eigenvalue weighted by Crippen LogP contribution is -3.04. The van der Waals surface area contributed by atoms with E-state index < -0.39 is 0 Å². The van der Waals surface area contributed by atoms with Crippen LogP contribution >= 0.6 is 0 Å². The molecule has 0 bridgehead atoms. The Hall–Kier alpha value is -2.98. The first-order valence-electron chi connectivity index (χ1n) is 9.06. The van der Waals surface area contributed by atoms with Crippen LogP contribution in [0, 0.1) is 0 Å². The van der Waals surface area contributed by atoms with Crippen molar-refractivity contribution in [2.24, 2.45) is 0 Å². The maximum atomic E-state index is 5.62. The van der Waals surface area contributed by atoms with Gasteiger partial charge in [-0.2, -0.15) is 0 Å². The molecule has 3 aromatic rings. The molecule has 0 radical (unpaired) electrons. The summed E-state index contributed by atoms with van der Waals surface area (Å²) in [7, 11) is 7.68. The molecule has 0 spiro atoms. The third-order valence-corrected chi connectivity index (χ3v) is 4.40. The molecule has 4 heteroatoms. The van der Waals surface area contributed by atoms with Crippen LogP contribution < -0.4 is 19.7 Å². The third kappa shape index (κ3) is 4.80. The van der Waals surface area contributed by atoms with Gasteiger partial charge in [-0.3, -0.25) is 0 Å². The lowest BCUT2D eigenvalue weighted by molar-refractivity contribution is -0.872. The summed E-state index contributed by atoms with van der Waals surface area (Å²) >= 11 is 0. The Balaban J connectivity index is 1.82. The molecule has 3 aromatic carbocycles. The summed E-state index contributed by atoms with van der Waals surface area (Å²) in [6.07, 6.45) is 0. The second-order valence-electron chi connectivity index (χ2n) is 6.85. The summed E-state index contributed by atoms with van der Waals surface area (Å²) in [6, 6.07) is 22.7. The number of benzene rings is 3. The summed E-state index contributed by atoms with van der Waals surface area (Å²) in [4.78, 5) is 1.41. The number of hydrogen-bond acceptors (Lipinski definition) is 3. The van der Waals surface area contributed by atoms with Gasteiger partial charge in [0.15, 0.2) is 0 Å². The molecule has 0 aliphatic rings. The van der Waals surface area contributed by atoms with Crippen LogP contribution in [0.25, 0.3) is 11.1 Å². The largest absolute Gasteiger partial charge is 0.497 e. The maximum absolute atomic E-state index is 5.62. The Morgan fingerprint density at radius 1 is 0.815 bits per heavy atom. The molecule has 0 amide bonds. The monoisotopic (exact) mass is 363 g/mol. The lowest BCUT2D eigenvalue weighted by Gasteiger charge is -2.14. The number of rotatable bonds is 7. The van der Waals surface area contributed by atoms with Gasteiger partial charge in [-0.25, -0.2) is 0 Å². The number of anilines is 2. The van der Waals surface area contributed by atoms with Crippen molar-refractivity contribution < 1.29 is 14.4 Å². The van der Waals surface area contributed by atoms with Gasteiger partial charge in [-0.15, -0.1) is 0 Å². The van der Waals surface area contributed by atoms with Crippen molar-refractivity contribution in [2.45, 2.75) is 6.54 Å². The van der Waals surface area contributed by atoms with Crippen LogP contribution in [0.4, 0.5) is 11.4 Å². The van der Waals surface area contributed by atoms with Crippen molar-refractivity contribution in [2.75, 3.05) is 33.6 Å². The average molecular weight is 363 g/mol. The van der Waals surface area contributed by atoms with E-state index >= 15 is 0 Å². The molecule has 27 heavy (non-hydrogen) atoms. The summed E-state index contributed by atoms with van der Waals surface area (Å²) in [5.41, 5.74) is 5.48. The number of nitrogens with one attached hydrogen (secondary N) is 2. The molecular weight excluding hydrogens is 336 g/mol. The van der Waals surface area contributed by atoms with Gasteiger partial charge in [0.1, 0.15) is 18.0 Å². The molecule has 0 unspecified atom stereocenters. The zero-order chi connectivity index (χ0) is 19.2. The van der Waals surface area contributed by atoms with E-state index in [2.05, 4.69) is 55.8 Å². The number of quaternary nitrogens is 1. The van der Waals surface area contributed by atoms with Crippen molar-refractivity contribution >= 4 is 11.4 Å². The molecule has 140 valence electrons. The minimum absolute atomic E-state index is 0.803. The molecule has 0 saturated carbocycles. The highest BCUT2D eigenvalue weighted by molar-refractivity contribution is 5.74. The van der Waals surface area contributed by atoms with Gasteiger partial charge in [0.25, 0.3) is 0 Å². The van der Waals surface area contributed by atoms with Gasteiger partial charge in [0.2, 0.25) is 0 Å². The van der Waals surface area contributed by atoms with E-state index in [0.717, 1.165) is 40.5 Å². The van der Waals surface area contributed by atoms with Gasteiger partial charge < -0.3 is 19.7 Å². The molecule has 2 N–H and O–H groups in total. The molecule has 0 aliphatic carbocycles. The van der Waals surface area contributed by atoms with Gasteiger partial charge in [-0.1, -0.05) is 30.3 Å². The minimum Gasteiger partial charge on any atom is -0.497 e. The Kier molecular flexibility index (Phi) is 5.99. The van der Waals surface area contributed by atoms with Gasteiger partial charge in [0, 0.05) is 11.3 Å². The van der Waals surface area contributed by atoms with Crippen LogP contribution in [0.1, 0.15) is 5.56 Å². The van der Waals surface area contributed by atoms with Crippen molar-refractivity contribution in [3.63, 3.8) is 0 Å². The Morgan fingerprint density at radius 3 is 2.22 bits per heavy atom. The smallest absolute Gasteiger partial charge is 0.142 e. The van der Waals surface area contributed by atoms with Crippen LogP contribution in [0.3, 0.4) is 0 Å². The number of ether oxygens (including phenoxy) is 2. The Bertz CT molecular complexity index is 889. The molecule has 0 heterocycles. The average Bonchev–Trinajstić information content (AvgIpc) is 2.69. The second kappa shape index (κ2) is 8.60. The zero-order valence-electron chi connectivity index (χ0n) is 16.4. The standard InChI is InChI=1S/C23H26N2O2/c1-25(2)16-17-8-11-20(12-9-17)24-22-13-10-19(15-23(22)27-4)18-6-5-7-21(14-18)26-3/h5-15,24H,16H2,1-4H3/p+1. The highest BCUT2D eigenvalue weighted by Crippen LogP contribution is 2.33. The minimum atomic E-state index is 0.803. The number of hydrogen-bond donors (Lipinski definition) is 2. The summed E-state index contributed by atoms with van der Waals surface area (Å²) in [6.45, 7) is 1.01.